The van der Waals surface area contributed by atoms with E-state index in [0.717, 1.165) is 0 Å². The molecule has 14 nitrogen and oxygen atoms in total. The van der Waals surface area contributed by atoms with Crippen LogP contribution in [0.1, 0.15) is 75.7 Å². The van der Waals surface area contributed by atoms with E-state index in [1.165, 1.54) is 37.3 Å². The van der Waals surface area contributed by atoms with Crippen molar-refractivity contribution in [3.8, 4) is 0 Å². The average Bonchev–Trinajstić information content (AvgIpc) is 3.66. The fourth-order valence-corrected chi connectivity index (χ4v) is 9.71. The summed E-state index contributed by atoms with van der Waals surface area (Å²) in [6.45, 7) is 9.48. The molecule has 2 heterocycles. The first kappa shape index (κ1) is 47.9. The minimum Gasteiger partial charge on any atom is -0.456 e. The van der Waals surface area contributed by atoms with Gasteiger partial charge in [0.15, 0.2) is 11.9 Å². The van der Waals surface area contributed by atoms with E-state index in [1.54, 1.807) is 49.6 Å². The normalized spacial score (nSPS) is 34.0. The van der Waals surface area contributed by atoms with Crippen molar-refractivity contribution in [3.63, 3.8) is 0 Å². The molecule has 0 unspecified atom stereocenters. The molecule has 1 aromatic heterocycles. The molecule has 11 atom stereocenters. The summed E-state index contributed by atoms with van der Waals surface area (Å²) < 4.78 is 23.0. The number of benzene rings is 1. The molecule has 1 amide bonds. The van der Waals surface area contributed by atoms with Crippen LogP contribution in [0.2, 0.25) is 0 Å². The summed E-state index contributed by atoms with van der Waals surface area (Å²) in [5.74, 6) is -4.49. The van der Waals surface area contributed by atoms with Gasteiger partial charge >= 0.3 is 18.0 Å². The van der Waals surface area contributed by atoms with Gasteiger partial charge in [0.05, 0.1) is 36.4 Å². The molecule has 17 heteroatoms. The number of carbonyl (C=O) groups is 4. The van der Waals surface area contributed by atoms with Crippen LogP contribution < -0.4 is 5.32 Å². The Morgan fingerprint density at radius 3 is 2.25 bits per heavy atom. The Kier molecular flexibility index (Phi) is 15.4. The minimum absolute atomic E-state index is 0. The molecule has 2 radical (unpaired) electrons. The van der Waals surface area contributed by atoms with E-state index in [9.17, 15) is 44.7 Å². The van der Waals surface area contributed by atoms with Gasteiger partial charge in [0, 0.05) is 117 Å². The van der Waals surface area contributed by atoms with Gasteiger partial charge < -0.3 is 49.8 Å². The van der Waals surface area contributed by atoms with Crippen molar-refractivity contribution in [1.82, 2.24) is 5.32 Å². The van der Waals surface area contributed by atoms with Gasteiger partial charge in [0.25, 0.3) is 0 Å². The maximum absolute atomic E-state index is 14.7. The van der Waals surface area contributed by atoms with E-state index in [1.807, 2.05) is 13.8 Å². The van der Waals surface area contributed by atoms with E-state index >= 15 is 0 Å². The molecule has 1 saturated heterocycles. The number of aliphatic hydroxyl groups is 5. The number of ether oxygens (including phenoxy) is 4. The summed E-state index contributed by atoms with van der Waals surface area (Å²) in [6, 6.07) is 9.89. The number of alkyl carbamates (subject to hydrolysis) is 1. The van der Waals surface area contributed by atoms with Crippen LogP contribution in [0.25, 0.3) is 0 Å². The zero-order chi connectivity index (χ0) is 39.5. The molecule has 1 aromatic carbocycles. The summed E-state index contributed by atoms with van der Waals surface area (Å²) in [6.07, 6.45) is -11.1. The smallest absolute Gasteiger partial charge is 0.407 e. The second-order valence-electron chi connectivity index (χ2n) is 16.1. The van der Waals surface area contributed by atoms with Crippen molar-refractivity contribution in [3.05, 3.63) is 69.4 Å². The quantitative estimate of drug-likeness (QED) is 0.121. The van der Waals surface area contributed by atoms with Gasteiger partial charge in [0.2, 0.25) is 0 Å². The first-order chi connectivity index (χ1) is 25.3. The van der Waals surface area contributed by atoms with Crippen LogP contribution in [0.15, 0.2) is 59.0 Å². The Labute approximate surface area is 401 Å². The molecule has 56 heavy (non-hydrogen) atoms. The van der Waals surface area contributed by atoms with Crippen LogP contribution in [-0.2, 0) is 28.5 Å². The number of hydrogen-bond acceptors (Lipinski definition) is 14. The summed E-state index contributed by atoms with van der Waals surface area (Å²) in [5.41, 5.74) is -7.48. The molecule has 6 N–H and O–H groups in total. The van der Waals surface area contributed by atoms with Crippen molar-refractivity contribution in [2.75, 3.05) is 13.2 Å². The summed E-state index contributed by atoms with van der Waals surface area (Å²) in [5, 5.41) is 64.7. The van der Waals surface area contributed by atoms with Crippen LogP contribution in [0.5, 0.6) is 0 Å². The van der Waals surface area contributed by atoms with Crippen molar-refractivity contribution >= 4 is 35.2 Å². The largest absolute Gasteiger partial charge is 0.456 e. The maximum Gasteiger partial charge on any atom is 0.407 e. The molecule has 2 saturated carbocycles. The second-order valence-corrected chi connectivity index (χ2v) is 17.1. The van der Waals surface area contributed by atoms with E-state index < -0.39 is 101 Å². The van der Waals surface area contributed by atoms with Gasteiger partial charge in [-0.2, -0.15) is 0 Å². The van der Waals surface area contributed by atoms with Crippen molar-refractivity contribution in [1.29, 1.82) is 0 Å². The van der Waals surface area contributed by atoms with Gasteiger partial charge in [-0.15, -0.1) is 11.3 Å². The predicted octanol–water partition coefficient (Wildman–Crippen LogP) is 2.61. The number of fused-ring (bicyclic) bond motifs is 5. The van der Waals surface area contributed by atoms with Crippen LogP contribution in [0.3, 0.4) is 0 Å². The zero-order valence-electron chi connectivity index (χ0n) is 32.2. The molecule has 4 aliphatic rings. The van der Waals surface area contributed by atoms with Gasteiger partial charge in [-0.25, -0.2) is 14.4 Å². The number of rotatable bonds is 9. The molecule has 3 fully saturated rings. The zero-order valence-corrected chi connectivity index (χ0v) is 42.5. The average molecular weight is 1230 g/mol. The topological polar surface area (TPSA) is 218 Å². The first-order valence-electron chi connectivity index (χ1n) is 18.1. The standard InChI is InChI=1S/C39H49NO13S.2Ac/c1-19(2)17-50-35(47)40-27(23-13-10-14-54-23)29(43)34(46)52-22-16-39(49)32(53-33(45)21-11-8-7-9-12-21)30-37(6,24(41)15-25-38(30,48)18-51-25)31(44)28(42)26(20(22)3)36(39,4)5;;/h7-14,19,22,24-25,27-30,32,41-43,48-49H,15-18H2,1-6H3,(H,40,47);;/t22-,24-,25+,27-,28+,29+,30-,32-,37+,38-,39+;;/m0../s1. The van der Waals surface area contributed by atoms with Crippen LogP contribution >= 0.6 is 11.3 Å². The third-order valence-electron chi connectivity index (χ3n) is 12.1. The fourth-order valence-electron chi connectivity index (χ4n) is 8.91. The molecule has 2 aromatic rings. The fraction of sp³-hybridized carbons (Fsp3) is 0.590. The molecule has 2 bridgehead atoms. The van der Waals surface area contributed by atoms with Crippen molar-refractivity contribution in [2.45, 2.75) is 108 Å². The van der Waals surface area contributed by atoms with Gasteiger partial charge in [-0.3, -0.25) is 4.79 Å². The van der Waals surface area contributed by atoms with Crippen molar-refractivity contribution < 1.29 is 152 Å². The molecular formula is C39H49Ac2NO13S. The van der Waals surface area contributed by atoms with Crippen LogP contribution in [0.4, 0.5) is 4.79 Å². The predicted molar refractivity (Wildman–Crippen MR) is 192 cm³/mol. The van der Waals surface area contributed by atoms with Crippen LogP contribution in [-0.4, -0.2) is 110 Å². The van der Waals surface area contributed by atoms with E-state index in [0.29, 0.717) is 4.88 Å². The number of amides is 1. The number of esters is 2. The van der Waals surface area contributed by atoms with Crippen LogP contribution in [0, 0.1) is 111 Å². The Hall–Kier alpha value is -0.817. The van der Waals surface area contributed by atoms with E-state index in [-0.39, 0.29) is 130 Å². The van der Waals surface area contributed by atoms with E-state index in [2.05, 4.69) is 5.32 Å². The van der Waals surface area contributed by atoms with Gasteiger partial charge in [-0.05, 0) is 54.5 Å². The van der Waals surface area contributed by atoms with Gasteiger partial charge in [-0.1, -0.05) is 52.0 Å². The Morgan fingerprint density at radius 2 is 1.68 bits per heavy atom. The number of carbonyl (C=O) groups excluding carboxylic acids is 4. The van der Waals surface area contributed by atoms with Gasteiger partial charge in [0.1, 0.15) is 35.6 Å². The molecular weight excluding hydrogens is 1180 g/mol. The third kappa shape index (κ3) is 8.16. The van der Waals surface area contributed by atoms with E-state index in [4.69, 9.17) is 18.9 Å². The second kappa shape index (κ2) is 18.0. The summed E-state index contributed by atoms with van der Waals surface area (Å²) in [4.78, 5) is 55.6. The maximum atomic E-state index is 14.7. The Morgan fingerprint density at radius 1 is 1.02 bits per heavy atom. The molecule has 300 valence electrons. The number of aliphatic hydroxyl groups excluding tert-OH is 3. The number of ketones is 1. The monoisotopic (exact) mass is 1230 g/mol. The number of hydrogen-bond donors (Lipinski definition) is 6. The first-order valence-corrected chi connectivity index (χ1v) is 19.0. The number of Topliss-reactive ketones (excluding diaryl/α,β-unsaturated/α-hetero) is 1. The summed E-state index contributed by atoms with van der Waals surface area (Å²) in [7, 11) is 0. The molecule has 0 spiro atoms. The summed E-state index contributed by atoms with van der Waals surface area (Å²) >= 11 is 1.17. The number of thiophene rings is 1. The molecule has 6 rings (SSSR count). The van der Waals surface area contributed by atoms with Crippen molar-refractivity contribution in [2.24, 2.45) is 22.7 Å². The molecule has 1 aliphatic heterocycles. The minimum atomic E-state index is -2.30. The molecule has 3 aliphatic carbocycles. The Balaban J connectivity index is 0.00000348. The Bertz CT molecular complexity index is 1810. The number of nitrogens with one attached hydrogen (secondary N) is 1. The third-order valence-corrected chi connectivity index (χ3v) is 13.1. The SMILES string of the molecule is CC1=C2[C@@H](O)C(=O)[C@@]3(C)[C@H]([C@H](OC(=O)c4ccccc4)[C@](O)(C[C@@H]1OC(=O)[C@H](O)[C@@H](NC(=O)OCC(C)C)c1cccs1)C2(C)C)[C@]1(O)CO[C@@H]1C[C@@H]3O.[Ac].[Ac].